The van der Waals surface area contributed by atoms with E-state index in [1.807, 2.05) is 0 Å². The molecule has 0 unspecified atom stereocenters. The summed E-state index contributed by atoms with van der Waals surface area (Å²) >= 11 is 0. The fraction of sp³-hybridized carbons (Fsp3) is 0.429. The highest BCUT2D eigenvalue weighted by Gasteiger charge is 2.09. The van der Waals surface area contributed by atoms with Crippen LogP contribution in [0.2, 0.25) is 0 Å². The van der Waals surface area contributed by atoms with Gasteiger partial charge in [-0.25, -0.2) is 0 Å². The van der Waals surface area contributed by atoms with Crippen molar-refractivity contribution in [1.82, 2.24) is 0 Å². The molecule has 2 heteroatoms. The van der Waals surface area contributed by atoms with E-state index in [0.29, 0.717) is 0 Å². The third-order valence-corrected chi connectivity index (χ3v) is 1.19. The summed E-state index contributed by atoms with van der Waals surface area (Å²) in [5, 5.41) is 17.5. The number of hydrogen-bond donors (Lipinski definition) is 2. The topological polar surface area (TPSA) is 40.5 Å². The van der Waals surface area contributed by atoms with Crippen molar-refractivity contribution in [3.05, 3.63) is 25.3 Å². The van der Waals surface area contributed by atoms with E-state index in [4.69, 9.17) is 10.2 Å². The van der Waals surface area contributed by atoms with Gasteiger partial charge in [0.2, 0.25) is 0 Å². The van der Waals surface area contributed by atoms with Crippen molar-refractivity contribution in [2.45, 2.75) is 6.10 Å². The molecule has 2 atom stereocenters. The van der Waals surface area contributed by atoms with Crippen LogP contribution in [-0.4, -0.2) is 22.9 Å². The van der Waals surface area contributed by atoms with Crippen molar-refractivity contribution in [2.24, 2.45) is 5.92 Å². The Hall–Kier alpha value is -0.600. The Labute approximate surface area is 55.1 Å². The third kappa shape index (κ3) is 2.44. The second-order valence-electron chi connectivity index (χ2n) is 1.81. The lowest BCUT2D eigenvalue weighted by atomic mass is 10.0. The Morgan fingerprint density at radius 2 is 1.89 bits per heavy atom. The maximum absolute atomic E-state index is 8.97. The second kappa shape index (κ2) is 4.30. The first kappa shape index (κ1) is 8.40. The van der Waals surface area contributed by atoms with Crippen LogP contribution in [0.4, 0.5) is 0 Å². The van der Waals surface area contributed by atoms with Crippen LogP contribution in [-0.2, 0) is 0 Å². The molecule has 0 aromatic rings. The zero-order chi connectivity index (χ0) is 7.28. The minimum absolute atomic E-state index is 0.0866. The van der Waals surface area contributed by atoms with Gasteiger partial charge in [-0.05, 0) is 0 Å². The predicted molar refractivity (Wildman–Crippen MR) is 37.0 cm³/mol. The van der Waals surface area contributed by atoms with Gasteiger partial charge in [-0.15, -0.1) is 13.2 Å². The van der Waals surface area contributed by atoms with Crippen LogP contribution < -0.4 is 0 Å². The van der Waals surface area contributed by atoms with Crippen LogP contribution in [0, 0.1) is 5.92 Å². The second-order valence-corrected chi connectivity index (χ2v) is 1.81. The van der Waals surface area contributed by atoms with Gasteiger partial charge in [0.25, 0.3) is 0 Å². The summed E-state index contributed by atoms with van der Waals surface area (Å²) < 4.78 is 0. The summed E-state index contributed by atoms with van der Waals surface area (Å²) in [4.78, 5) is 0. The van der Waals surface area contributed by atoms with Crippen molar-refractivity contribution in [2.75, 3.05) is 6.61 Å². The van der Waals surface area contributed by atoms with Gasteiger partial charge in [-0.2, -0.15) is 0 Å². The molecular formula is C7H12O2. The Morgan fingerprint density at radius 1 is 1.33 bits per heavy atom. The molecule has 0 aliphatic heterocycles. The monoisotopic (exact) mass is 128 g/mol. The van der Waals surface area contributed by atoms with E-state index in [1.54, 1.807) is 0 Å². The highest BCUT2D eigenvalue weighted by Crippen LogP contribution is 2.03. The zero-order valence-electron chi connectivity index (χ0n) is 5.33. The molecule has 2 nitrogen and oxygen atoms in total. The number of aliphatic hydroxyl groups is 2. The maximum Gasteiger partial charge on any atom is 0.0802 e. The Balaban J connectivity index is 3.77. The van der Waals surface area contributed by atoms with E-state index in [-0.39, 0.29) is 12.5 Å². The van der Waals surface area contributed by atoms with Crippen LogP contribution >= 0.6 is 0 Å². The first-order valence-electron chi connectivity index (χ1n) is 2.80. The van der Waals surface area contributed by atoms with Crippen LogP contribution in [0.3, 0.4) is 0 Å². The third-order valence-electron chi connectivity index (χ3n) is 1.19. The maximum atomic E-state index is 8.97. The molecule has 0 spiro atoms. The van der Waals surface area contributed by atoms with Crippen molar-refractivity contribution < 1.29 is 10.2 Å². The van der Waals surface area contributed by atoms with E-state index in [0.717, 1.165) is 0 Å². The first-order valence-corrected chi connectivity index (χ1v) is 2.80. The molecule has 0 heterocycles. The standard InChI is InChI=1S/C7H12O2/c1-3-6(5-8)7(9)4-2/h3-4,6-9H,1-2,5H2/t6-,7-/m1/s1. The smallest absolute Gasteiger partial charge is 0.0802 e. The van der Waals surface area contributed by atoms with Crippen LogP contribution in [0.15, 0.2) is 25.3 Å². The summed E-state index contributed by atoms with van der Waals surface area (Å²) in [5.74, 6) is -0.275. The molecule has 0 saturated heterocycles. The molecule has 0 aromatic heterocycles. The summed E-state index contributed by atoms with van der Waals surface area (Å²) in [7, 11) is 0. The zero-order valence-corrected chi connectivity index (χ0v) is 5.33. The van der Waals surface area contributed by atoms with Crippen molar-refractivity contribution >= 4 is 0 Å². The van der Waals surface area contributed by atoms with Crippen molar-refractivity contribution in [3.8, 4) is 0 Å². The van der Waals surface area contributed by atoms with E-state index >= 15 is 0 Å². The van der Waals surface area contributed by atoms with E-state index < -0.39 is 6.10 Å². The molecule has 0 bridgehead atoms. The molecule has 2 N–H and O–H groups in total. The molecule has 0 amide bonds. The van der Waals surface area contributed by atoms with Gasteiger partial charge in [-0.1, -0.05) is 12.2 Å². The van der Waals surface area contributed by atoms with Gasteiger partial charge >= 0.3 is 0 Å². The lowest BCUT2D eigenvalue weighted by molar-refractivity contribution is 0.127. The fourth-order valence-electron chi connectivity index (χ4n) is 0.497. The molecule has 0 aliphatic rings. The summed E-state index contributed by atoms with van der Waals surface area (Å²) in [6, 6.07) is 0. The van der Waals surface area contributed by atoms with Crippen molar-refractivity contribution in [3.63, 3.8) is 0 Å². The van der Waals surface area contributed by atoms with Gasteiger partial charge in [0.15, 0.2) is 0 Å². The Bertz CT molecular complexity index is 99.1. The minimum atomic E-state index is -0.674. The number of rotatable bonds is 4. The Kier molecular flexibility index (Phi) is 4.01. The lowest BCUT2D eigenvalue weighted by Gasteiger charge is -2.11. The summed E-state index contributed by atoms with van der Waals surface area (Å²) in [6.45, 7) is 6.72. The number of hydrogen-bond acceptors (Lipinski definition) is 2. The van der Waals surface area contributed by atoms with Gasteiger partial charge in [-0.3, -0.25) is 0 Å². The summed E-state index contributed by atoms with van der Waals surface area (Å²) in [6.07, 6.45) is 2.21. The largest absolute Gasteiger partial charge is 0.396 e. The van der Waals surface area contributed by atoms with E-state index in [2.05, 4.69) is 13.2 Å². The molecule has 0 aromatic carbocycles. The molecule has 0 rings (SSSR count). The number of aliphatic hydroxyl groups excluding tert-OH is 2. The lowest BCUT2D eigenvalue weighted by Crippen LogP contribution is -2.18. The average molecular weight is 128 g/mol. The Morgan fingerprint density at radius 3 is 2.00 bits per heavy atom. The van der Waals surface area contributed by atoms with Crippen LogP contribution in [0.5, 0.6) is 0 Å². The van der Waals surface area contributed by atoms with Gasteiger partial charge < -0.3 is 10.2 Å². The van der Waals surface area contributed by atoms with Gasteiger partial charge in [0.05, 0.1) is 12.7 Å². The SMILES string of the molecule is C=C[C@@H](O)[C@H](C=C)CO. The normalized spacial score (nSPS) is 16.2. The first-order chi connectivity index (χ1) is 4.26. The molecule has 0 aliphatic carbocycles. The van der Waals surface area contributed by atoms with Crippen LogP contribution in [0.25, 0.3) is 0 Å². The molecule has 0 saturated carbocycles. The van der Waals surface area contributed by atoms with E-state index in [9.17, 15) is 0 Å². The fourth-order valence-corrected chi connectivity index (χ4v) is 0.497. The molecule has 9 heavy (non-hydrogen) atoms. The molecule has 52 valence electrons. The minimum Gasteiger partial charge on any atom is -0.396 e. The predicted octanol–water partition coefficient (Wildman–Crippen LogP) is 0.328. The summed E-state index contributed by atoms with van der Waals surface area (Å²) in [5.41, 5.74) is 0. The van der Waals surface area contributed by atoms with Gasteiger partial charge in [0, 0.05) is 5.92 Å². The van der Waals surface area contributed by atoms with Crippen molar-refractivity contribution in [1.29, 1.82) is 0 Å². The van der Waals surface area contributed by atoms with Crippen LogP contribution in [0.1, 0.15) is 0 Å². The highest BCUT2D eigenvalue weighted by molar-refractivity contribution is 4.92. The average Bonchev–Trinajstić information content (AvgIpc) is 1.90. The highest BCUT2D eigenvalue weighted by atomic mass is 16.3. The van der Waals surface area contributed by atoms with E-state index in [1.165, 1.54) is 12.2 Å². The van der Waals surface area contributed by atoms with Gasteiger partial charge in [0.1, 0.15) is 0 Å². The molecular weight excluding hydrogens is 116 g/mol. The quantitative estimate of drug-likeness (QED) is 0.535. The molecule has 0 radical (unpaired) electrons. The molecule has 0 fully saturated rings.